The highest BCUT2D eigenvalue weighted by molar-refractivity contribution is 7.99. The maximum absolute atomic E-state index is 13.3. The number of nitrogens with one attached hydrogen (secondary N) is 1. The van der Waals surface area contributed by atoms with Crippen molar-refractivity contribution < 1.29 is 9.59 Å². The minimum absolute atomic E-state index is 0.201. The number of halogens is 1. The van der Waals surface area contributed by atoms with E-state index in [9.17, 15) is 9.59 Å². The van der Waals surface area contributed by atoms with E-state index in [0.29, 0.717) is 43.5 Å². The summed E-state index contributed by atoms with van der Waals surface area (Å²) >= 11 is 8.93. The Bertz CT molecular complexity index is 1190. The monoisotopic (exact) mass is 468 g/mol. The van der Waals surface area contributed by atoms with Crippen LogP contribution in [-0.4, -0.2) is 39.4 Å². The minimum atomic E-state index is -0.579. The number of rotatable bonds is 4. The lowest BCUT2D eigenvalue weighted by Gasteiger charge is -2.22. The van der Waals surface area contributed by atoms with Gasteiger partial charge in [-0.2, -0.15) is 5.26 Å². The van der Waals surface area contributed by atoms with Crippen LogP contribution in [0.1, 0.15) is 20.9 Å². The number of thiazole rings is 1. The molecule has 1 fully saturated rings. The number of benzene rings is 2. The fraction of sp³-hybridized carbons (Fsp3) is 0.182. The van der Waals surface area contributed by atoms with Gasteiger partial charge in [-0.1, -0.05) is 23.7 Å². The molecule has 1 aliphatic rings. The predicted molar refractivity (Wildman–Crippen MR) is 124 cm³/mol. The number of anilines is 1. The van der Waals surface area contributed by atoms with E-state index in [2.05, 4.69) is 10.3 Å². The van der Waals surface area contributed by atoms with Crippen LogP contribution in [0, 0.1) is 18.3 Å². The summed E-state index contributed by atoms with van der Waals surface area (Å²) in [5, 5.41) is 13.1. The van der Waals surface area contributed by atoms with Gasteiger partial charge in [0.05, 0.1) is 23.2 Å². The molecule has 31 heavy (non-hydrogen) atoms. The summed E-state index contributed by atoms with van der Waals surface area (Å²) in [5.74, 6) is 0.509. The second-order valence-corrected chi connectivity index (χ2v) is 9.35. The number of aromatic nitrogens is 1. The highest BCUT2D eigenvalue weighted by Crippen LogP contribution is 2.32. The Kier molecular flexibility index (Phi) is 6.28. The highest BCUT2D eigenvalue weighted by Gasteiger charge is 2.36. The highest BCUT2D eigenvalue weighted by atomic mass is 35.5. The van der Waals surface area contributed by atoms with Gasteiger partial charge in [-0.3, -0.25) is 9.59 Å². The van der Waals surface area contributed by atoms with Crippen LogP contribution in [0.4, 0.5) is 5.69 Å². The van der Waals surface area contributed by atoms with Gasteiger partial charge in [-0.05, 0) is 43.3 Å². The maximum Gasteiger partial charge on any atom is 0.267 e. The Morgan fingerprint density at radius 3 is 2.74 bits per heavy atom. The minimum Gasteiger partial charge on any atom is -0.324 e. The van der Waals surface area contributed by atoms with Crippen LogP contribution < -0.4 is 5.32 Å². The first-order valence-electron chi connectivity index (χ1n) is 9.39. The molecule has 1 unspecified atom stereocenters. The number of carbonyl (C=O) groups is 2. The second kappa shape index (κ2) is 9.10. The average molecular weight is 469 g/mol. The van der Waals surface area contributed by atoms with E-state index in [4.69, 9.17) is 16.9 Å². The number of thioether (sulfide) groups is 1. The van der Waals surface area contributed by atoms with Crippen LogP contribution in [0.2, 0.25) is 5.02 Å². The van der Waals surface area contributed by atoms with Crippen molar-refractivity contribution in [2.75, 3.05) is 16.9 Å². The van der Waals surface area contributed by atoms with E-state index >= 15 is 0 Å². The van der Waals surface area contributed by atoms with Crippen molar-refractivity contribution in [3.05, 3.63) is 69.7 Å². The lowest BCUT2D eigenvalue weighted by Crippen LogP contribution is -2.44. The van der Waals surface area contributed by atoms with Gasteiger partial charge in [0.15, 0.2) is 0 Å². The van der Waals surface area contributed by atoms with Gasteiger partial charge in [0.2, 0.25) is 5.91 Å². The van der Waals surface area contributed by atoms with Gasteiger partial charge in [-0.25, -0.2) is 4.98 Å². The third kappa shape index (κ3) is 4.59. The smallest absolute Gasteiger partial charge is 0.267 e. The van der Waals surface area contributed by atoms with Gasteiger partial charge in [0.1, 0.15) is 15.9 Å². The Balaban J connectivity index is 1.52. The number of aryl methyl sites for hydroxylation is 1. The van der Waals surface area contributed by atoms with E-state index in [-0.39, 0.29) is 11.8 Å². The molecular weight excluding hydrogens is 452 g/mol. The number of carbonyl (C=O) groups excluding carboxylic acids is 2. The molecule has 9 heteroatoms. The maximum atomic E-state index is 13.3. The lowest BCUT2D eigenvalue weighted by molar-refractivity contribution is -0.119. The Morgan fingerprint density at radius 2 is 2.03 bits per heavy atom. The quantitative estimate of drug-likeness (QED) is 0.594. The summed E-state index contributed by atoms with van der Waals surface area (Å²) in [6.07, 6.45) is 0. The summed E-state index contributed by atoms with van der Waals surface area (Å²) in [4.78, 5) is 32.8. The zero-order valence-corrected chi connectivity index (χ0v) is 18.9. The van der Waals surface area contributed by atoms with Gasteiger partial charge < -0.3 is 10.2 Å². The van der Waals surface area contributed by atoms with Crippen LogP contribution >= 0.6 is 34.7 Å². The van der Waals surface area contributed by atoms with Crippen molar-refractivity contribution >= 4 is 52.2 Å². The van der Waals surface area contributed by atoms with Crippen LogP contribution in [-0.2, 0) is 4.79 Å². The third-order valence-electron chi connectivity index (χ3n) is 4.79. The van der Waals surface area contributed by atoms with E-state index in [1.165, 1.54) is 23.1 Å². The molecule has 0 spiro atoms. The molecule has 1 aliphatic heterocycles. The zero-order valence-electron chi connectivity index (χ0n) is 16.5. The molecule has 0 bridgehead atoms. The molecule has 2 aromatic carbocycles. The van der Waals surface area contributed by atoms with Crippen LogP contribution in [0.5, 0.6) is 0 Å². The molecule has 0 aliphatic carbocycles. The second-order valence-electron chi connectivity index (χ2n) is 6.91. The third-order valence-corrected chi connectivity index (χ3v) is 7.23. The Labute approximate surface area is 192 Å². The predicted octanol–water partition coefficient (Wildman–Crippen LogP) is 4.80. The summed E-state index contributed by atoms with van der Waals surface area (Å²) < 4.78 is 0. The van der Waals surface area contributed by atoms with Crippen molar-refractivity contribution in [1.29, 1.82) is 5.26 Å². The summed E-state index contributed by atoms with van der Waals surface area (Å²) in [6, 6.07) is 15.4. The molecule has 4 rings (SSSR count). The SMILES string of the molecule is Cc1nc(-c2cccc(Cl)c2)sc1C(=O)N1CSCC1C(=O)Nc1ccc(C#N)cc1. The topological polar surface area (TPSA) is 86.1 Å². The van der Waals surface area contributed by atoms with Crippen LogP contribution in [0.3, 0.4) is 0 Å². The van der Waals surface area contributed by atoms with Crippen LogP contribution in [0.25, 0.3) is 10.6 Å². The van der Waals surface area contributed by atoms with Crippen molar-refractivity contribution in [2.45, 2.75) is 13.0 Å². The Hall–Kier alpha value is -2.86. The van der Waals surface area contributed by atoms with Gasteiger partial charge in [-0.15, -0.1) is 23.1 Å². The lowest BCUT2D eigenvalue weighted by atomic mass is 10.2. The molecule has 1 aromatic heterocycles. The van der Waals surface area contributed by atoms with E-state index in [0.717, 1.165) is 5.56 Å². The van der Waals surface area contributed by atoms with Gasteiger partial charge in [0.25, 0.3) is 5.91 Å². The summed E-state index contributed by atoms with van der Waals surface area (Å²) in [7, 11) is 0. The first-order chi connectivity index (χ1) is 15.0. The molecule has 2 amide bonds. The van der Waals surface area contributed by atoms with Gasteiger partial charge >= 0.3 is 0 Å². The summed E-state index contributed by atoms with van der Waals surface area (Å²) in [5.41, 5.74) is 2.59. The standard InChI is InChI=1S/C22H17ClN4O2S2/c1-13-19(31-21(25-13)15-3-2-4-16(23)9-15)22(29)27-12-30-11-18(27)20(28)26-17-7-5-14(10-24)6-8-17/h2-9,18H,11-12H2,1H3,(H,26,28). The van der Waals surface area contributed by atoms with E-state index in [1.807, 2.05) is 24.3 Å². The fourth-order valence-corrected chi connectivity index (χ4v) is 5.55. The molecule has 1 N–H and O–H groups in total. The van der Waals surface area contributed by atoms with Crippen LogP contribution in [0.15, 0.2) is 48.5 Å². The normalized spacial score (nSPS) is 15.5. The molecular formula is C22H17ClN4O2S2. The van der Waals surface area contributed by atoms with Crippen molar-refractivity contribution in [3.8, 4) is 16.6 Å². The molecule has 2 heterocycles. The van der Waals surface area contributed by atoms with E-state index in [1.54, 1.807) is 42.2 Å². The van der Waals surface area contributed by atoms with E-state index < -0.39 is 6.04 Å². The Morgan fingerprint density at radius 1 is 1.26 bits per heavy atom. The number of nitriles is 1. The molecule has 1 saturated heterocycles. The first-order valence-corrected chi connectivity index (χ1v) is 11.7. The molecule has 0 saturated carbocycles. The number of hydrogen-bond acceptors (Lipinski definition) is 6. The number of hydrogen-bond donors (Lipinski definition) is 1. The van der Waals surface area contributed by atoms with Crippen molar-refractivity contribution in [2.24, 2.45) is 0 Å². The molecule has 3 aromatic rings. The fourth-order valence-electron chi connectivity index (χ4n) is 3.18. The van der Waals surface area contributed by atoms with Crippen molar-refractivity contribution in [3.63, 3.8) is 0 Å². The molecule has 1 atom stereocenters. The zero-order chi connectivity index (χ0) is 22.0. The largest absolute Gasteiger partial charge is 0.324 e. The van der Waals surface area contributed by atoms with Crippen molar-refractivity contribution in [1.82, 2.24) is 9.88 Å². The number of nitrogens with zero attached hydrogens (tertiary/aromatic N) is 3. The number of amides is 2. The molecule has 0 radical (unpaired) electrons. The van der Waals surface area contributed by atoms with Gasteiger partial charge in [0, 0.05) is 22.0 Å². The first kappa shape index (κ1) is 21.4. The molecule has 6 nitrogen and oxygen atoms in total. The average Bonchev–Trinajstić information content (AvgIpc) is 3.41. The summed E-state index contributed by atoms with van der Waals surface area (Å²) in [6.45, 7) is 1.80. The molecule has 156 valence electrons.